The van der Waals surface area contributed by atoms with Crippen LogP contribution in [0.25, 0.3) is 0 Å². The van der Waals surface area contributed by atoms with Crippen molar-refractivity contribution in [2.75, 3.05) is 19.1 Å². The highest BCUT2D eigenvalue weighted by Crippen LogP contribution is 2.43. The maximum atomic E-state index is 12.9. The minimum Gasteiger partial charge on any atom is -0.508 e. The van der Waals surface area contributed by atoms with Gasteiger partial charge in [0.1, 0.15) is 17.3 Å². The number of rotatable bonds is 4. The van der Waals surface area contributed by atoms with Crippen LogP contribution in [-0.4, -0.2) is 31.3 Å². The molecule has 158 valence electrons. The first kappa shape index (κ1) is 21.5. The van der Waals surface area contributed by atoms with Gasteiger partial charge in [0.25, 0.3) is 0 Å². The Morgan fingerprint density at radius 2 is 1.74 bits per heavy atom. The van der Waals surface area contributed by atoms with Gasteiger partial charge in [0.15, 0.2) is 0 Å². The molecule has 0 bridgehead atoms. The maximum Gasteiger partial charge on any atom is 0.355 e. The molecule has 8 heteroatoms. The summed E-state index contributed by atoms with van der Waals surface area (Å²) in [6, 6.07) is 15.4. The lowest BCUT2D eigenvalue weighted by molar-refractivity contribution is -0.139. The second-order valence-corrected chi connectivity index (χ2v) is 6.81. The molecular weight excluding hydrogens is 398 g/mol. The summed E-state index contributed by atoms with van der Waals surface area (Å²) in [6.07, 6.45) is 0. The van der Waals surface area contributed by atoms with Crippen molar-refractivity contribution in [1.82, 2.24) is 0 Å². The molecule has 0 amide bonds. The molecule has 0 saturated heterocycles. The van der Waals surface area contributed by atoms with Crippen LogP contribution >= 0.6 is 0 Å². The summed E-state index contributed by atoms with van der Waals surface area (Å²) in [4.78, 5) is 27.0. The van der Waals surface area contributed by atoms with Gasteiger partial charge in [-0.15, -0.1) is 0 Å². The number of nitriles is 1. The van der Waals surface area contributed by atoms with Crippen molar-refractivity contribution < 1.29 is 24.2 Å². The molecule has 1 aliphatic rings. The summed E-state index contributed by atoms with van der Waals surface area (Å²) in [5.41, 5.74) is 7.61. The van der Waals surface area contributed by atoms with Crippen molar-refractivity contribution >= 4 is 17.6 Å². The van der Waals surface area contributed by atoms with Crippen LogP contribution in [0.2, 0.25) is 0 Å². The summed E-state index contributed by atoms with van der Waals surface area (Å²) in [5.74, 6) is -2.70. The number of carbonyl (C=O) groups is 2. The van der Waals surface area contributed by atoms with E-state index >= 15 is 0 Å². The average Bonchev–Trinajstić information content (AvgIpc) is 2.79. The minimum atomic E-state index is -0.942. The van der Waals surface area contributed by atoms with Crippen molar-refractivity contribution in [2.24, 2.45) is 5.73 Å². The molecule has 2 aromatic rings. The third kappa shape index (κ3) is 3.69. The molecule has 1 aliphatic heterocycles. The number of benzene rings is 2. The quantitative estimate of drug-likeness (QED) is 0.724. The Labute approximate surface area is 179 Å². The van der Waals surface area contributed by atoms with Crippen LogP contribution in [0.4, 0.5) is 5.69 Å². The van der Waals surface area contributed by atoms with E-state index in [4.69, 9.17) is 15.2 Å². The molecule has 0 aliphatic carbocycles. The van der Waals surface area contributed by atoms with Crippen molar-refractivity contribution in [2.45, 2.75) is 12.8 Å². The van der Waals surface area contributed by atoms with E-state index in [1.807, 2.05) is 0 Å². The van der Waals surface area contributed by atoms with E-state index in [0.717, 1.165) is 0 Å². The van der Waals surface area contributed by atoms with Crippen molar-refractivity contribution in [1.29, 1.82) is 5.26 Å². The van der Waals surface area contributed by atoms with Gasteiger partial charge in [0, 0.05) is 6.07 Å². The number of allylic oxidation sites excluding steroid dienone is 1. The van der Waals surface area contributed by atoms with Crippen molar-refractivity contribution in [3.8, 4) is 11.8 Å². The van der Waals surface area contributed by atoms with Crippen LogP contribution in [0.1, 0.15) is 17.0 Å². The number of esters is 2. The number of aromatic hydroxyl groups is 1. The summed E-state index contributed by atoms with van der Waals surface area (Å²) < 4.78 is 9.92. The highest BCUT2D eigenvalue weighted by atomic mass is 16.5. The Morgan fingerprint density at radius 3 is 2.29 bits per heavy atom. The standard InChI is InChI=1S/C23H21N3O5/c1-13-9-10-15(11-17(13)27)26-20(23(29)31-3)19(22(28)30-2)18(16(12-24)21(26)25)14-7-5-4-6-8-14/h4-11,18,27H,25H2,1-3H3. The fourth-order valence-corrected chi connectivity index (χ4v) is 3.52. The minimum absolute atomic E-state index is 0.0437. The lowest BCUT2D eigenvalue weighted by Gasteiger charge is -2.36. The number of nitrogens with zero attached hydrogens (tertiary/aromatic N) is 2. The Hall–Kier alpha value is -4.25. The molecule has 0 spiro atoms. The summed E-state index contributed by atoms with van der Waals surface area (Å²) >= 11 is 0. The van der Waals surface area contributed by atoms with Gasteiger partial charge in [-0.25, -0.2) is 9.59 Å². The highest BCUT2D eigenvalue weighted by molar-refractivity contribution is 6.06. The van der Waals surface area contributed by atoms with Gasteiger partial charge in [0.05, 0.1) is 43.0 Å². The third-order valence-electron chi connectivity index (χ3n) is 5.06. The molecule has 1 unspecified atom stereocenters. The first-order valence-corrected chi connectivity index (χ1v) is 9.30. The molecule has 0 aromatic heterocycles. The van der Waals surface area contributed by atoms with Crippen LogP contribution < -0.4 is 10.6 Å². The van der Waals surface area contributed by atoms with Crippen LogP contribution in [0.15, 0.2) is 71.2 Å². The smallest absolute Gasteiger partial charge is 0.355 e. The number of methoxy groups -OCH3 is 2. The largest absolute Gasteiger partial charge is 0.508 e. The van der Waals surface area contributed by atoms with Gasteiger partial charge in [-0.1, -0.05) is 36.4 Å². The zero-order chi connectivity index (χ0) is 22.7. The van der Waals surface area contributed by atoms with E-state index in [-0.39, 0.29) is 34.1 Å². The first-order valence-electron chi connectivity index (χ1n) is 9.30. The monoisotopic (exact) mass is 419 g/mol. The molecule has 0 saturated carbocycles. The van der Waals surface area contributed by atoms with Crippen LogP contribution in [0.5, 0.6) is 5.75 Å². The molecule has 1 heterocycles. The van der Waals surface area contributed by atoms with Gasteiger partial charge in [0.2, 0.25) is 0 Å². The molecule has 0 radical (unpaired) electrons. The zero-order valence-corrected chi connectivity index (χ0v) is 17.2. The molecule has 2 aromatic carbocycles. The van der Waals surface area contributed by atoms with Gasteiger partial charge in [-0.3, -0.25) is 4.90 Å². The Morgan fingerprint density at radius 1 is 1.10 bits per heavy atom. The Balaban J connectivity index is 2.41. The summed E-state index contributed by atoms with van der Waals surface area (Å²) in [5, 5.41) is 20.2. The number of phenolic OH excluding ortho intramolecular Hbond substituents is 1. The predicted octanol–water partition coefficient (Wildman–Crippen LogP) is 2.60. The summed E-state index contributed by atoms with van der Waals surface area (Å²) in [6.45, 7) is 1.71. The van der Waals surface area contributed by atoms with E-state index in [1.54, 1.807) is 49.4 Å². The number of hydrogen-bond acceptors (Lipinski definition) is 8. The van der Waals surface area contributed by atoms with E-state index in [9.17, 15) is 20.0 Å². The lowest BCUT2D eigenvalue weighted by atomic mass is 9.81. The topological polar surface area (TPSA) is 126 Å². The molecule has 3 rings (SSSR count). The van der Waals surface area contributed by atoms with Crippen molar-refractivity contribution in [3.05, 3.63) is 82.3 Å². The third-order valence-corrected chi connectivity index (χ3v) is 5.06. The maximum absolute atomic E-state index is 12.9. The number of aryl methyl sites for hydroxylation is 1. The Bertz CT molecular complexity index is 1150. The van der Waals surface area contributed by atoms with E-state index in [1.165, 1.54) is 25.2 Å². The second-order valence-electron chi connectivity index (χ2n) is 6.81. The molecule has 31 heavy (non-hydrogen) atoms. The fraction of sp³-hybridized carbons (Fsp3) is 0.174. The first-order chi connectivity index (χ1) is 14.8. The van der Waals surface area contributed by atoms with Crippen LogP contribution in [-0.2, 0) is 19.1 Å². The van der Waals surface area contributed by atoms with Crippen LogP contribution in [0.3, 0.4) is 0 Å². The van der Waals surface area contributed by atoms with Crippen molar-refractivity contribution in [3.63, 3.8) is 0 Å². The van der Waals surface area contributed by atoms with E-state index < -0.39 is 17.9 Å². The predicted molar refractivity (Wildman–Crippen MR) is 112 cm³/mol. The average molecular weight is 419 g/mol. The number of carbonyl (C=O) groups excluding carboxylic acids is 2. The Kier molecular flexibility index (Phi) is 5.97. The normalized spacial score (nSPS) is 16.1. The number of anilines is 1. The summed E-state index contributed by atoms with van der Waals surface area (Å²) in [7, 11) is 2.36. The molecule has 1 atom stereocenters. The van der Waals surface area contributed by atoms with Gasteiger partial charge in [-0.2, -0.15) is 5.26 Å². The molecular formula is C23H21N3O5. The number of nitrogens with two attached hydrogens (primary N) is 1. The van der Waals surface area contributed by atoms with Gasteiger partial charge >= 0.3 is 11.9 Å². The second kappa shape index (κ2) is 8.63. The zero-order valence-electron chi connectivity index (χ0n) is 17.2. The fourth-order valence-electron chi connectivity index (χ4n) is 3.52. The number of ether oxygens (including phenoxy) is 2. The van der Waals surface area contributed by atoms with Crippen LogP contribution in [0, 0.1) is 18.3 Å². The molecule has 0 fully saturated rings. The SMILES string of the molecule is COC(=O)C1=C(C(=O)OC)N(c2ccc(C)c(O)c2)C(N)=C(C#N)C1c1ccccc1. The lowest BCUT2D eigenvalue weighted by Crippen LogP contribution is -2.40. The number of hydrogen-bond donors (Lipinski definition) is 2. The van der Waals surface area contributed by atoms with E-state index in [0.29, 0.717) is 11.1 Å². The van der Waals surface area contributed by atoms with Gasteiger partial charge in [-0.05, 0) is 24.1 Å². The van der Waals surface area contributed by atoms with E-state index in [2.05, 4.69) is 6.07 Å². The number of phenols is 1. The molecule has 3 N–H and O–H groups in total. The highest BCUT2D eigenvalue weighted by Gasteiger charge is 2.43. The molecule has 8 nitrogen and oxygen atoms in total. The van der Waals surface area contributed by atoms with Gasteiger partial charge < -0.3 is 20.3 Å².